The van der Waals surface area contributed by atoms with Gasteiger partial charge in [-0.1, -0.05) is 29.3 Å². The van der Waals surface area contributed by atoms with Crippen molar-refractivity contribution in [2.45, 2.75) is 20.3 Å². The molecule has 1 aliphatic heterocycles. The lowest BCUT2D eigenvalue weighted by molar-refractivity contribution is -0.152. The zero-order chi connectivity index (χ0) is 22.5. The first-order valence-corrected chi connectivity index (χ1v) is 10.0. The second-order valence-electron chi connectivity index (χ2n) is 7.31. The molecule has 0 bridgehead atoms. The van der Waals surface area contributed by atoms with Gasteiger partial charge in [0.05, 0.1) is 5.92 Å². The molecule has 1 aliphatic rings. The molecule has 2 aromatic rings. The van der Waals surface area contributed by atoms with E-state index >= 15 is 0 Å². The highest BCUT2D eigenvalue weighted by molar-refractivity contribution is 6.30. The normalized spacial score (nSPS) is 15.5. The monoisotopic (exact) mass is 443 g/mol. The van der Waals surface area contributed by atoms with Crippen LogP contribution in [-0.2, 0) is 19.1 Å². The summed E-state index contributed by atoms with van der Waals surface area (Å²) >= 11 is 5.76. The predicted octanol–water partition coefficient (Wildman–Crippen LogP) is 2.31. The average Bonchev–Trinajstić information content (AvgIpc) is 3.12. The quantitative estimate of drug-likeness (QED) is 0.545. The molecule has 0 saturated carbocycles. The average molecular weight is 444 g/mol. The number of nitrogens with one attached hydrogen (secondary N) is 2. The van der Waals surface area contributed by atoms with E-state index in [2.05, 4.69) is 10.9 Å². The molecule has 1 saturated heterocycles. The number of hydrogen-bond acceptors (Lipinski definition) is 5. The molecule has 0 radical (unpaired) electrons. The smallest absolute Gasteiger partial charge is 0.311 e. The summed E-state index contributed by atoms with van der Waals surface area (Å²) in [4.78, 5) is 50.1. The van der Waals surface area contributed by atoms with Gasteiger partial charge in [0, 0.05) is 29.2 Å². The van der Waals surface area contributed by atoms with E-state index in [1.54, 1.807) is 17.0 Å². The molecule has 2 N–H and O–H groups in total. The first kappa shape index (κ1) is 22.3. The van der Waals surface area contributed by atoms with Crippen molar-refractivity contribution in [3.63, 3.8) is 0 Å². The van der Waals surface area contributed by atoms with Crippen LogP contribution in [0.15, 0.2) is 42.5 Å². The Kier molecular flexibility index (Phi) is 6.91. The molecule has 31 heavy (non-hydrogen) atoms. The topological polar surface area (TPSA) is 105 Å². The van der Waals surface area contributed by atoms with Gasteiger partial charge in [-0.15, -0.1) is 0 Å². The lowest BCUT2D eigenvalue weighted by Crippen LogP contribution is -2.43. The molecule has 3 rings (SSSR count). The maximum atomic E-state index is 12.4. The number of benzene rings is 2. The number of amides is 3. The summed E-state index contributed by atoms with van der Waals surface area (Å²) in [5.41, 5.74) is 7.48. The predicted molar refractivity (Wildman–Crippen MR) is 114 cm³/mol. The van der Waals surface area contributed by atoms with E-state index in [0.29, 0.717) is 10.6 Å². The number of anilines is 1. The lowest BCUT2D eigenvalue weighted by atomic mass is 10.1. The van der Waals surface area contributed by atoms with Crippen LogP contribution in [0.2, 0.25) is 5.02 Å². The number of aryl methyl sites for hydroxylation is 2. The largest absolute Gasteiger partial charge is 0.455 e. The SMILES string of the molecule is Cc1ccc(N2C[C@H](C(=O)OCC(=O)NNC(=O)c3ccc(Cl)cc3)CC2=O)c(C)c1. The van der Waals surface area contributed by atoms with Crippen LogP contribution < -0.4 is 15.8 Å². The molecule has 1 atom stereocenters. The molecule has 8 nitrogen and oxygen atoms in total. The van der Waals surface area contributed by atoms with Gasteiger partial charge in [0.2, 0.25) is 5.91 Å². The summed E-state index contributed by atoms with van der Waals surface area (Å²) in [6.45, 7) is 3.49. The number of nitrogens with zero attached hydrogens (tertiary/aromatic N) is 1. The molecule has 3 amide bonds. The Morgan fingerprint density at radius 1 is 1.10 bits per heavy atom. The van der Waals surface area contributed by atoms with E-state index in [9.17, 15) is 19.2 Å². The fourth-order valence-corrected chi connectivity index (χ4v) is 3.42. The van der Waals surface area contributed by atoms with Gasteiger partial charge in [0.15, 0.2) is 6.61 Å². The minimum absolute atomic E-state index is 0.0150. The van der Waals surface area contributed by atoms with E-state index in [4.69, 9.17) is 16.3 Å². The van der Waals surface area contributed by atoms with Crippen LogP contribution in [0.5, 0.6) is 0 Å². The Balaban J connectivity index is 1.47. The van der Waals surface area contributed by atoms with E-state index in [-0.39, 0.29) is 18.9 Å². The Bertz CT molecular complexity index is 1020. The molecular weight excluding hydrogens is 422 g/mol. The van der Waals surface area contributed by atoms with Gasteiger partial charge in [-0.25, -0.2) is 0 Å². The van der Waals surface area contributed by atoms with Crippen molar-refractivity contribution < 1.29 is 23.9 Å². The number of rotatable bonds is 5. The first-order chi connectivity index (χ1) is 14.7. The third-order valence-electron chi connectivity index (χ3n) is 4.87. The fraction of sp³-hybridized carbons (Fsp3) is 0.273. The molecule has 1 fully saturated rings. The number of ether oxygens (including phenoxy) is 1. The van der Waals surface area contributed by atoms with Crippen molar-refractivity contribution in [2.75, 3.05) is 18.1 Å². The van der Waals surface area contributed by atoms with E-state index < -0.39 is 30.3 Å². The van der Waals surface area contributed by atoms with Gasteiger partial charge in [0.1, 0.15) is 0 Å². The van der Waals surface area contributed by atoms with Crippen molar-refractivity contribution in [1.29, 1.82) is 0 Å². The minimum atomic E-state index is -0.703. The molecule has 9 heteroatoms. The lowest BCUT2D eigenvalue weighted by Gasteiger charge is -2.19. The fourth-order valence-electron chi connectivity index (χ4n) is 3.30. The molecule has 0 unspecified atom stereocenters. The van der Waals surface area contributed by atoms with E-state index in [1.807, 2.05) is 32.0 Å². The van der Waals surface area contributed by atoms with Gasteiger partial charge in [-0.2, -0.15) is 0 Å². The second-order valence-corrected chi connectivity index (χ2v) is 7.75. The Morgan fingerprint density at radius 3 is 2.48 bits per heavy atom. The standard InChI is InChI=1S/C22H22ClN3O5/c1-13-3-8-18(14(2)9-13)26-11-16(10-20(26)28)22(30)31-12-19(27)24-25-21(29)15-4-6-17(23)7-5-15/h3-9,16H,10-12H2,1-2H3,(H,24,27)(H,25,29)/t16-/m1/s1. The van der Waals surface area contributed by atoms with Crippen LogP contribution in [0.1, 0.15) is 27.9 Å². The second kappa shape index (κ2) is 9.61. The van der Waals surface area contributed by atoms with Crippen LogP contribution in [-0.4, -0.2) is 36.8 Å². The van der Waals surface area contributed by atoms with Gasteiger partial charge in [-0.3, -0.25) is 30.0 Å². The molecule has 2 aromatic carbocycles. The van der Waals surface area contributed by atoms with Gasteiger partial charge >= 0.3 is 5.97 Å². The third kappa shape index (κ3) is 5.61. The van der Waals surface area contributed by atoms with E-state index in [1.165, 1.54) is 12.1 Å². The number of hydrazine groups is 1. The van der Waals surface area contributed by atoms with Crippen LogP contribution in [0.3, 0.4) is 0 Å². The molecule has 1 heterocycles. The number of halogens is 1. The highest BCUT2D eigenvalue weighted by atomic mass is 35.5. The number of esters is 1. The molecular formula is C22H22ClN3O5. The van der Waals surface area contributed by atoms with Gasteiger partial charge < -0.3 is 9.64 Å². The van der Waals surface area contributed by atoms with Crippen LogP contribution in [0.25, 0.3) is 0 Å². The summed E-state index contributed by atoms with van der Waals surface area (Å²) < 4.78 is 5.02. The highest BCUT2D eigenvalue weighted by Gasteiger charge is 2.36. The summed E-state index contributed by atoms with van der Waals surface area (Å²) in [5, 5.41) is 0.481. The van der Waals surface area contributed by atoms with Gasteiger partial charge in [-0.05, 0) is 49.7 Å². The van der Waals surface area contributed by atoms with Crippen molar-refractivity contribution in [3.8, 4) is 0 Å². The molecule has 0 aromatic heterocycles. The summed E-state index contributed by atoms with van der Waals surface area (Å²) in [6, 6.07) is 11.8. The van der Waals surface area contributed by atoms with Crippen LogP contribution in [0, 0.1) is 19.8 Å². The summed E-state index contributed by atoms with van der Waals surface area (Å²) in [6.07, 6.45) is 0.0150. The van der Waals surface area contributed by atoms with Crippen molar-refractivity contribution in [2.24, 2.45) is 5.92 Å². The maximum absolute atomic E-state index is 12.4. The van der Waals surface area contributed by atoms with Crippen molar-refractivity contribution >= 4 is 41.0 Å². The third-order valence-corrected chi connectivity index (χ3v) is 5.12. The van der Waals surface area contributed by atoms with Gasteiger partial charge in [0.25, 0.3) is 11.8 Å². The highest BCUT2D eigenvalue weighted by Crippen LogP contribution is 2.29. The number of hydrogen-bond donors (Lipinski definition) is 2. The Labute approximate surface area is 184 Å². The van der Waals surface area contributed by atoms with E-state index in [0.717, 1.165) is 16.8 Å². The number of carbonyl (C=O) groups is 4. The zero-order valence-electron chi connectivity index (χ0n) is 17.1. The zero-order valence-corrected chi connectivity index (χ0v) is 17.9. The summed E-state index contributed by atoms with van der Waals surface area (Å²) in [7, 11) is 0. The molecule has 162 valence electrons. The van der Waals surface area contributed by atoms with Crippen LogP contribution >= 0.6 is 11.6 Å². The Morgan fingerprint density at radius 2 is 1.81 bits per heavy atom. The van der Waals surface area contributed by atoms with Crippen molar-refractivity contribution in [1.82, 2.24) is 10.9 Å². The molecule has 0 aliphatic carbocycles. The summed E-state index contributed by atoms with van der Waals surface area (Å²) in [5.74, 6) is -2.72. The van der Waals surface area contributed by atoms with Crippen LogP contribution in [0.4, 0.5) is 5.69 Å². The maximum Gasteiger partial charge on any atom is 0.311 e. The minimum Gasteiger partial charge on any atom is -0.455 e. The molecule has 0 spiro atoms. The van der Waals surface area contributed by atoms with Crippen molar-refractivity contribution in [3.05, 3.63) is 64.2 Å². The Hall–Kier alpha value is -3.39. The first-order valence-electron chi connectivity index (χ1n) is 9.63. The number of carbonyl (C=O) groups excluding carboxylic acids is 4.